The van der Waals surface area contributed by atoms with Crippen LogP contribution < -0.4 is 0 Å². The number of nitrogens with zero attached hydrogens (tertiary/aromatic N) is 1. The molecular weight excluding hydrogens is 393 g/mol. The van der Waals surface area contributed by atoms with Crippen molar-refractivity contribution in [2.75, 3.05) is 40.5 Å². The minimum Gasteiger partial charge on any atom is -0.378 e. The minimum atomic E-state index is -2.95. The van der Waals surface area contributed by atoms with Crippen LogP contribution in [0.2, 0.25) is 0 Å². The van der Waals surface area contributed by atoms with Gasteiger partial charge in [0, 0.05) is 6.16 Å². The number of allylic oxidation sites excluding steroid dienone is 2. The maximum atomic E-state index is 12.8. The lowest BCUT2D eigenvalue weighted by molar-refractivity contribution is -0.872. The van der Waals surface area contributed by atoms with E-state index in [1.165, 1.54) is 77.0 Å². The molecular formula is C25H53NO3P+. The quantitative estimate of drug-likeness (QED) is 0.0867. The predicted octanol–water partition coefficient (Wildman–Crippen LogP) is 7.36. The van der Waals surface area contributed by atoms with Crippen LogP contribution in [0.4, 0.5) is 0 Å². The summed E-state index contributed by atoms with van der Waals surface area (Å²) in [5.74, 6) is -0.864. The van der Waals surface area contributed by atoms with Gasteiger partial charge in [-0.1, -0.05) is 83.8 Å². The van der Waals surface area contributed by atoms with E-state index in [-0.39, 0.29) is 0 Å². The summed E-state index contributed by atoms with van der Waals surface area (Å²) in [6, 6.07) is 0. The molecule has 0 spiro atoms. The topological polar surface area (TPSA) is 46.5 Å². The molecule has 0 fully saturated rings. The second-order valence-electron chi connectivity index (χ2n) is 9.77. The predicted molar refractivity (Wildman–Crippen MR) is 132 cm³/mol. The number of aliphatic hydroxyl groups is 1. The van der Waals surface area contributed by atoms with E-state index in [4.69, 9.17) is 4.52 Å². The summed E-state index contributed by atoms with van der Waals surface area (Å²) in [6.45, 7) is 5.07. The minimum absolute atomic E-state index is 0.403. The summed E-state index contributed by atoms with van der Waals surface area (Å²) in [5, 5.41) is 10.3. The number of hydrogen-bond donors (Lipinski definition) is 1. The summed E-state index contributed by atoms with van der Waals surface area (Å²) in [4.78, 5) is 0. The van der Waals surface area contributed by atoms with Gasteiger partial charge in [-0.05, 0) is 32.1 Å². The molecule has 0 aromatic rings. The zero-order valence-electron chi connectivity index (χ0n) is 20.9. The van der Waals surface area contributed by atoms with E-state index in [1.54, 1.807) is 0 Å². The first-order chi connectivity index (χ1) is 14.2. The lowest BCUT2D eigenvalue weighted by Gasteiger charge is -2.30. The highest BCUT2D eigenvalue weighted by molar-refractivity contribution is 7.59. The van der Waals surface area contributed by atoms with Gasteiger partial charge in [0.2, 0.25) is 7.37 Å². The van der Waals surface area contributed by atoms with Crippen LogP contribution in [-0.4, -0.2) is 55.9 Å². The molecule has 0 saturated carbocycles. The van der Waals surface area contributed by atoms with E-state index < -0.39 is 13.2 Å². The van der Waals surface area contributed by atoms with Crippen LogP contribution >= 0.6 is 7.37 Å². The van der Waals surface area contributed by atoms with E-state index in [0.29, 0.717) is 23.8 Å². The third-order valence-electron chi connectivity index (χ3n) is 5.57. The van der Waals surface area contributed by atoms with Crippen molar-refractivity contribution >= 4 is 7.37 Å². The Hall–Kier alpha value is -0.150. The Morgan fingerprint density at radius 2 is 1.27 bits per heavy atom. The second kappa shape index (κ2) is 18.4. The van der Waals surface area contributed by atoms with Crippen LogP contribution in [0.1, 0.15) is 104 Å². The highest BCUT2D eigenvalue weighted by Crippen LogP contribution is 2.51. The molecule has 0 saturated heterocycles. The van der Waals surface area contributed by atoms with E-state index >= 15 is 0 Å². The maximum absolute atomic E-state index is 12.8. The summed E-state index contributed by atoms with van der Waals surface area (Å²) in [6.07, 6.45) is 23.0. The van der Waals surface area contributed by atoms with E-state index in [1.807, 2.05) is 28.1 Å². The zero-order chi connectivity index (χ0) is 22.7. The van der Waals surface area contributed by atoms with Gasteiger partial charge in [0.25, 0.3) is 0 Å². The third kappa shape index (κ3) is 17.5. The fourth-order valence-corrected chi connectivity index (χ4v) is 5.52. The van der Waals surface area contributed by atoms with Gasteiger partial charge in [-0.15, -0.1) is 0 Å². The first-order valence-corrected chi connectivity index (χ1v) is 14.5. The summed E-state index contributed by atoms with van der Waals surface area (Å²) >= 11 is 0. The molecule has 5 heteroatoms. The molecule has 0 amide bonds. The Morgan fingerprint density at radius 1 is 0.800 bits per heavy atom. The molecule has 0 aliphatic heterocycles. The van der Waals surface area contributed by atoms with Crippen molar-refractivity contribution in [3.05, 3.63) is 12.2 Å². The molecule has 0 aliphatic carbocycles. The van der Waals surface area contributed by atoms with E-state index in [0.717, 1.165) is 12.8 Å². The Labute approximate surface area is 188 Å². The molecule has 0 bridgehead atoms. The molecule has 0 rings (SSSR count). The maximum Gasteiger partial charge on any atom is 0.236 e. The standard InChI is InChI=1S/C25H53NO3P/c1-6-8-9-10-11-12-13-14-15-16-17-18-19-20-21-22-23-29-30(28,7-2)25(27)24-26(3,4)5/h14-15,25,27H,6-13,16-24H2,1-5H3/q+1/b15-14-. The largest absolute Gasteiger partial charge is 0.378 e. The van der Waals surface area contributed by atoms with Crippen molar-refractivity contribution < 1.29 is 18.7 Å². The van der Waals surface area contributed by atoms with Crippen LogP contribution in [0.5, 0.6) is 0 Å². The number of hydrogen-bond acceptors (Lipinski definition) is 3. The Balaban J connectivity index is 3.58. The van der Waals surface area contributed by atoms with E-state index in [9.17, 15) is 9.67 Å². The van der Waals surface area contributed by atoms with Crippen LogP contribution in [0.15, 0.2) is 12.2 Å². The molecule has 0 radical (unpaired) electrons. The molecule has 2 unspecified atom stereocenters. The number of quaternary nitrogens is 1. The Morgan fingerprint density at radius 3 is 1.73 bits per heavy atom. The van der Waals surface area contributed by atoms with Gasteiger partial charge in [-0.25, -0.2) is 0 Å². The van der Waals surface area contributed by atoms with Gasteiger partial charge in [0.15, 0.2) is 5.85 Å². The third-order valence-corrected chi connectivity index (χ3v) is 8.14. The fourth-order valence-electron chi connectivity index (χ4n) is 3.57. The molecule has 180 valence electrons. The van der Waals surface area contributed by atoms with Crippen LogP contribution in [-0.2, 0) is 9.09 Å². The zero-order valence-corrected chi connectivity index (χ0v) is 21.8. The van der Waals surface area contributed by atoms with Gasteiger partial charge in [-0.2, -0.15) is 0 Å². The molecule has 0 aromatic carbocycles. The van der Waals surface area contributed by atoms with Gasteiger partial charge in [0.1, 0.15) is 6.54 Å². The van der Waals surface area contributed by atoms with E-state index in [2.05, 4.69) is 19.1 Å². The van der Waals surface area contributed by atoms with Crippen molar-refractivity contribution in [3.63, 3.8) is 0 Å². The van der Waals surface area contributed by atoms with Crippen molar-refractivity contribution in [2.24, 2.45) is 0 Å². The second-order valence-corrected chi connectivity index (χ2v) is 12.7. The first kappa shape index (κ1) is 29.9. The average Bonchev–Trinajstić information content (AvgIpc) is 2.68. The van der Waals surface area contributed by atoms with Crippen LogP contribution in [0, 0.1) is 0 Å². The molecule has 30 heavy (non-hydrogen) atoms. The normalized spacial score (nSPS) is 15.5. The number of aliphatic hydroxyl groups excluding tert-OH is 1. The Bertz CT molecular complexity index is 460. The molecule has 4 nitrogen and oxygen atoms in total. The van der Waals surface area contributed by atoms with Gasteiger partial charge in [-0.3, -0.25) is 4.57 Å². The molecule has 0 aromatic heterocycles. The molecule has 0 heterocycles. The highest BCUT2D eigenvalue weighted by Gasteiger charge is 2.34. The molecule has 1 N–H and O–H groups in total. The Kier molecular flexibility index (Phi) is 18.3. The van der Waals surface area contributed by atoms with Crippen molar-refractivity contribution in [2.45, 2.75) is 110 Å². The van der Waals surface area contributed by atoms with Crippen molar-refractivity contribution in [1.29, 1.82) is 0 Å². The first-order valence-electron chi connectivity index (χ1n) is 12.6. The SMILES string of the molecule is CCCCCCCC/C=C\CCCCCCCCOP(=O)(CC)C(O)C[N+](C)(C)C. The lowest BCUT2D eigenvalue weighted by Crippen LogP contribution is -2.41. The number of unbranched alkanes of at least 4 members (excludes halogenated alkanes) is 12. The van der Waals surface area contributed by atoms with Crippen molar-refractivity contribution in [1.82, 2.24) is 0 Å². The van der Waals surface area contributed by atoms with Gasteiger partial charge < -0.3 is 14.1 Å². The van der Waals surface area contributed by atoms with Gasteiger partial charge >= 0.3 is 0 Å². The monoisotopic (exact) mass is 446 g/mol. The summed E-state index contributed by atoms with van der Waals surface area (Å²) in [5.41, 5.74) is 0. The lowest BCUT2D eigenvalue weighted by atomic mass is 10.1. The fraction of sp³-hybridized carbons (Fsp3) is 0.920. The smallest absolute Gasteiger partial charge is 0.236 e. The van der Waals surface area contributed by atoms with Gasteiger partial charge in [0.05, 0.1) is 27.7 Å². The van der Waals surface area contributed by atoms with Crippen molar-refractivity contribution in [3.8, 4) is 0 Å². The summed E-state index contributed by atoms with van der Waals surface area (Å²) in [7, 11) is 3.04. The number of likely N-dealkylation sites (N-methyl/N-ethyl adjacent to an activating group) is 1. The van der Waals surface area contributed by atoms with Crippen LogP contribution in [0.25, 0.3) is 0 Å². The summed E-state index contributed by atoms with van der Waals surface area (Å²) < 4.78 is 19.1. The van der Waals surface area contributed by atoms with Crippen LogP contribution in [0.3, 0.4) is 0 Å². The average molecular weight is 447 g/mol. The highest BCUT2D eigenvalue weighted by atomic mass is 31.2. The molecule has 0 aliphatic rings. The number of rotatable bonds is 21. The molecule has 2 atom stereocenters.